The summed E-state index contributed by atoms with van der Waals surface area (Å²) in [5.41, 5.74) is 1.52. The van der Waals surface area contributed by atoms with E-state index in [1.165, 1.54) is 5.56 Å². The first-order valence-corrected chi connectivity index (χ1v) is 6.16. The zero-order valence-corrected chi connectivity index (χ0v) is 11.2. The second-order valence-electron chi connectivity index (χ2n) is 6.48. The summed E-state index contributed by atoms with van der Waals surface area (Å²) in [6, 6.07) is 4.24. The van der Waals surface area contributed by atoms with Gasteiger partial charge in [-0.1, -0.05) is 27.7 Å². The maximum absolute atomic E-state index is 9.25. The highest BCUT2D eigenvalue weighted by molar-refractivity contribution is 5.46. The molecule has 1 aromatic rings. The summed E-state index contributed by atoms with van der Waals surface area (Å²) in [4.78, 5) is 6.65. The van der Waals surface area contributed by atoms with E-state index in [1.54, 1.807) is 0 Å². The van der Waals surface area contributed by atoms with Gasteiger partial charge in [0, 0.05) is 24.7 Å². The topological polar surface area (TPSA) is 36.4 Å². The number of anilines is 1. The van der Waals surface area contributed by atoms with Crippen molar-refractivity contribution in [3.8, 4) is 0 Å². The molecule has 3 nitrogen and oxygen atoms in total. The van der Waals surface area contributed by atoms with Crippen LogP contribution in [0.4, 0.5) is 5.82 Å². The average Bonchev–Trinajstić information content (AvgIpc) is 2.24. The Hall–Kier alpha value is -1.09. The minimum Gasteiger partial charge on any atom is -0.396 e. The van der Waals surface area contributed by atoms with Gasteiger partial charge in [-0.15, -0.1) is 0 Å². The molecule has 0 amide bonds. The van der Waals surface area contributed by atoms with E-state index < -0.39 is 0 Å². The molecule has 17 heavy (non-hydrogen) atoms. The molecule has 0 aromatic carbocycles. The minimum absolute atomic E-state index is 0.0550. The van der Waals surface area contributed by atoms with E-state index in [9.17, 15) is 5.11 Å². The molecule has 2 rings (SSSR count). The quantitative estimate of drug-likeness (QED) is 0.852. The number of rotatable bonds is 2. The van der Waals surface area contributed by atoms with Crippen molar-refractivity contribution in [3.05, 3.63) is 23.9 Å². The highest BCUT2D eigenvalue weighted by Crippen LogP contribution is 2.34. The molecule has 1 fully saturated rings. The van der Waals surface area contributed by atoms with Crippen LogP contribution in [0.5, 0.6) is 0 Å². The van der Waals surface area contributed by atoms with Gasteiger partial charge in [-0.05, 0) is 23.1 Å². The first-order chi connectivity index (χ1) is 7.84. The van der Waals surface area contributed by atoms with Crippen LogP contribution in [0.1, 0.15) is 33.3 Å². The molecule has 3 heteroatoms. The molecule has 94 valence electrons. The zero-order valence-electron chi connectivity index (χ0n) is 11.2. The summed E-state index contributed by atoms with van der Waals surface area (Å²) in [5.74, 6) is 1.03. The summed E-state index contributed by atoms with van der Waals surface area (Å²) < 4.78 is 0. The lowest BCUT2D eigenvalue weighted by Crippen LogP contribution is -2.57. The number of hydrogen-bond donors (Lipinski definition) is 1. The van der Waals surface area contributed by atoms with Crippen LogP contribution in [0.2, 0.25) is 0 Å². The third-order valence-corrected chi connectivity index (χ3v) is 3.46. The molecule has 0 radical (unpaired) electrons. The highest BCUT2D eigenvalue weighted by atomic mass is 16.3. The van der Waals surface area contributed by atoms with Crippen molar-refractivity contribution in [1.29, 1.82) is 0 Å². The van der Waals surface area contributed by atoms with E-state index in [1.807, 2.05) is 6.20 Å². The molecule has 0 atom stereocenters. The Kier molecular flexibility index (Phi) is 2.90. The standard InChI is InChI=1S/C14H22N2O/c1-13(2,3)11-5-6-15-12(7-11)16-8-14(4,9-16)10-17/h5-7,17H,8-10H2,1-4H3. The van der Waals surface area contributed by atoms with Gasteiger partial charge in [0.2, 0.25) is 0 Å². The summed E-state index contributed by atoms with van der Waals surface area (Å²) in [5, 5.41) is 9.25. The van der Waals surface area contributed by atoms with Crippen molar-refractivity contribution in [2.45, 2.75) is 33.1 Å². The molecule has 1 aromatic heterocycles. The Morgan fingerprint density at radius 1 is 1.41 bits per heavy atom. The van der Waals surface area contributed by atoms with Crippen LogP contribution in [0.25, 0.3) is 0 Å². The SMILES string of the molecule is CC1(CO)CN(c2cc(C(C)(C)C)ccn2)C1. The Balaban J connectivity index is 2.14. The fourth-order valence-corrected chi connectivity index (χ4v) is 2.20. The van der Waals surface area contributed by atoms with Gasteiger partial charge in [0.05, 0.1) is 6.61 Å². The lowest BCUT2D eigenvalue weighted by Gasteiger charge is -2.47. The lowest BCUT2D eigenvalue weighted by atomic mass is 9.82. The number of aliphatic hydroxyl groups is 1. The monoisotopic (exact) mass is 234 g/mol. The third kappa shape index (κ3) is 2.44. The molecule has 0 saturated carbocycles. The Labute approximate surface area is 103 Å². The van der Waals surface area contributed by atoms with E-state index in [0.29, 0.717) is 0 Å². The van der Waals surface area contributed by atoms with Crippen LogP contribution >= 0.6 is 0 Å². The van der Waals surface area contributed by atoms with E-state index in [-0.39, 0.29) is 17.4 Å². The largest absolute Gasteiger partial charge is 0.396 e. The van der Waals surface area contributed by atoms with E-state index in [0.717, 1.165) is 18.9 Å². The molecule has 0 bridgehead atoms. The Morgan fingerprint density at radius 3 is 2.59 bits per heavy atom. The number of pyridine rings is 1. The molecule has 1 N–H and O–H groups in total. The van der Waals surface area contributed by atoms with Gasteiger partial charge in [-0.25, -0.2) is 4.98 Å². The van der Waals surface area contributed by atoms with Gasteiger partial charge < -0.3 is 10.0 Å². The molecule has 0 unspecified atom stereocenters. The number of hydrogen-bond acceptors (Lipinski definition) is 3. The summed E-state index contributed by atoms with van der Waals surface area (Å²) in [6.07, 6.45) is 1.88. The van der Waals surface area contributed by atoms with Crippen molar-refractivity contribution in [3.63, 3.8) is 0 Å². The van der Waals surface area contributed by atoms with Crippen LogP contribution in [0, 0.1) is 5.41 Å². The first kappa shape index (κ1) is 12.4. The van der Waals surface area contributed by atoms with Crippen molar-refractivity contribution in [2.24, 2.45) is 5.41 Å². The maximum atomic E-state index is 9.25. The van der Waals surface area contributed by atoms with Crippen LogP contribution in [-0.2, 0) is 5.41 Å². The fraction of sp³-hybridized carbons (Fsp3) is 0.643. The second-order valence-corrected chi connectivity index (χ2v) is 6.48. The Morgan fingerprint density at radius 2 is 2.06 bits per heavy atom. The summed E-state index contributed by atoms with van der Waals surface area (Å²) in [6.45, 7) is 10.8. The minimum atomic E-state index is 0.0550. The second kappa shape index (κ2) is 3.98. The van der Waals surface area contributed by atoms with Gasteiger partial charge in [0.1, 0.15) is 5.82 Å². The number of aliphatic hydroxyl groups excluding tert-OH is 1. The van der Waals surface area contributed by atoms with Gasteiger partial charge in [-0.3, -0.25) is 0 Å². The van der Waals surface area contributed by atoms with Gasteiger partial charge >= 0.3 is 0 Å². The van der Waals surface area contributed by atoms with Crippen molar-refractivity contribution >= 4 is 5.82 Å². The number of aromatic nitrogens is 1. The molecule has 2 heterocycles. The van der Waals surface area contributed by atoms with Gasteiger partial charge in [0.25, 0.3) is 0 Å². The third-order valence-electron chi connectivity index (χ3n) is 3.46. The molecular weight excluding hydrogens is 212 g/mol. The molecule has 1 saturated heterocycles. The maximum Gasteiger partial charge on any atom is 0.128 e. The fourth-order valence-electron chi connectivity index (χ4n) is 2.20. The summed E-state index contributed by atoms with van der Waals surface area (Å²) in [7, 11) is 0. The van der Waals surface area contributed by atoms with Crippen LogP contribution < -0.4 is 4.90 Å². The van der Waals surface area contributed by atoms with Crippen LogP contribution in [0.3, 0.4) is 0 Å². The number of nitrogens with zero attached hydrogens (tertiary/aromatic N) is 2. The smallest absolute Gasteiger partial charge is 0.128 e. The first-order valence-electron chi connectivity index (χ1n) is 6.16. The predicted molar refractivity (Wildman–Crippen MR) is 70.3 cm³/mol. The molecule has 0 spiro atoms. The van der Waals surface area contributed by atoms with E-state index >= 15 is 0 Å². The molecule has 1 aliphatic rings. The van der Waals surface area contributed by atoms with Crippen LogP contribution in [0.15, 0.2) is 18.3 Å². The van der Waals surface area contributed by atoms with Crippen molar-refractivity contribution < 1.29 is 5.11 Å². The highest BCUT2D eigenvalue weighted by Gasteiger charge is 2.38. The van der Waals surface area contributed by atoms with Gasteiger partial charge in [0.15, 0.2) is 0 Å². The van der Waals surface area contributed by atoms with Crippen molar-refractivity contribution in [1.82, 2.24) is 4.98 Å². The average molecular weight is 234 g/mol. The predicted octanol–water partition coefficient (Wildman–Crippen LogP) is 2.20. The molecule has 1 aliphatic heterocycles. The lowest BCUT2D eigenvalue weighted by molar-refractivity contribution is 0.110. The normalized spacial score (nSPS) is 19.0. The van der Waals surface area contributed by atoms with Gasteiger partial charge in [-0.2, -0.15) is 0 Å². The zero-order chi connectivity index (χ0) is 12.7. The molecular formula is C14H22N2O. The van der Waals surface area contributed by atoms with Crippen molar-refractivity contribution in [2.75, 3.05) is 24.6 Å². The van der Waals surface area contributed by atoms with E-state index in [4.69, 9.17) is 0 Å². The van der Waals surface area contributed by atoms with E-state index in [2.05, 4.69) is 49.7 Å². The summed E-state index contributed by atoms with van der Waals surface area (Å²) >= 11 is 0. The molecule has 0 aliphatic carbocycles. The van der Waals surface area contributed by atoms with Crippen LogP contribution in [-0.4, -0.2) is 29.8 Å². The Bertz CT molecular complexity index is 403.